The van der Waals surface area contributed by atoms with Crippen molar-refractivity contribution in [1.29, 1.82) is 0 Å². The normalized spacial score (nSPS) is 49.8. The van der Waals surface area contributed by atoms with Crippen LogP contribution in [-0.2, 0) is 0 Å². The molecule has 1 heteroatoms. The van der Waals surface area contributed by atoms with Gasteiger partial charge in [0.2, 0.25) is 0 Å². The summed E-state index contributed by atoms with van der Waals surface area (Å²) < 4.78 is 0. The van der Waals surface area contributed by atoms with E-state index in [0.717, 1.165) is 23.8 Å². The molecule has 1 heterocycles. The molecule has 74 valence electrons. The van der Waals surface area contributed by atoms with Gasteiger partial charge < -0.3 is 5.32 Å². The Morgan fingerprint density at radius 1 is 0.769 bits per heavy atom. The van der Waals surface area contributed by atoms with Crippen LogP contribution in [0.5, 0.6) is 0 Å². The summed E-state index contributed by atoms with van der Waals surface area (Å²) in [5.41, 5.74) is 0. The van der Waals surface area contributed by atoms with Crippen LogP contribution in [0.25, 0.3) is 0 Å². The zero-order chi connectivity index (χ0) is 8.67. The maximum absolute atomic E-state index is 3.69. The quantitative estimate of drug-likeness (QED) is 0.602. The zero-order valence-electron chi connectivity index (χ0n) is 8.47. The maximum Gasteiger partial charge on any atom is 0.00986 e. The summed E-state index contributed by atoms with van der Waals surface area (Å²) in [5.74, 6) is 3.30. The third-order valence-electron chi connectivity index (χ3n) is 4.77. The molecule has 1 aliphatic heterocycles. The lowest BCUT2D eigenvalue weighted by Gasteiger charge is -2.42. The largest absolute Gasteiger partial charge is 0.314 e. The highest BCUT2D eigenvalue weighted by Gasteiger charge is 2.41. The predicted octanol–water partition coefficient (Wildman–Crippen LogP) is 2.56. The van der Waals surface area contributed by atoms with Crippen LogP contribution >= 0.6 is 0 Å². The summed E-state index contributed by atoms with van der Waals surface area (Å²) in [6.07, 6.45) is 10.6. The van der Waals surface area contributed by atoms with E-state index in [1.807, 2.05) is 0 Å². The van der Waals surface area contributed by atoms with Gasteiger partial charge in [0.15, 0.2) is 0 Å². The third kappa shape index (κ3) is 1.32. The molecule has 2 aliphatic carbocycles. The summed E-state index contributed by atoms with van der Waals surface area (Å²) in [5, 5.41) is 3.69. The first-order chi connectivity index (χ1) is 6.45. The fourth-order valence-corrected chi connectivity index (χ4v) is 4.17. The van der Waals surface area contributed by atoms with E-state index in [4.69, 9.17) is 0 Å². The Bertz CT molecular complexity index is 190. The van der Waals surface area contributed by atoms with Crippen LogP contribution in [0.2, 0.25) is 0 Å². The smallest absolute Gasteiger partial charge is 0.00986 e. The second kappa shape index (κ2) is 3.27. The minimum absolute atomic E-state index is 0.916. The molecule has 0 spiro atoms. The second-order valence-corrected chi connectivity index (χ2v) is 5.30. The Morgan fingerprint density at radius 2 is 1.69 bits per heavy atom. The number of nitrogens with one attached hydrogen (secondary N) is 1. The van der Waals surface area contributed by atoms with Crippen molar-refractivity contribution in [3.05, 3.63) is 0 Å². The van der Waals surface area contributed by atoms with Gasteiger partial charge in [0, 0.05) is 6.04 Å². The molecule has 1 N–H and O–H groups in total. The molecule has 3 rings (SSSR count). The van der Waals surface area contributed by atoms with Gasteiger partial charge in [0.1, 0.15) is 0 Å². The van der Waals surface area contributed by atoms with Crippen molar-refractivity contribution in [3.63, 3.8) is 0 Å². The lowest BCUT2D eigenvalue weighted by molar-refractivity contribution is 0.0955. The Kier molecular flexibility index (Phi) is 2.08. The van der Waals surface area contributed by atoms with E-state index in [1.54, 1.807) is 12.8 Å². The van der Waals surface area contributed by atoms with E-state index in [2.05, 4.69) is 5.32 Å². The first-order valence-electron chi connectivity index (χ1n) is 6.18. The SMILES string of the molecule is C1CCC2C(C1)CCC1NCCC12. The minimum atomic E-state index is 0.916. The van der Waals surface area contributed by atoms with E-state index in [1.165, 1.54) is 38.6 Å². The molecule has 0 aromatic rings. The van der Waals surface area contributed by atoms with Crippen LogP contribution in [0.15, 0.2) is 0 Å². The third-order valence-corrected chi connectivity index (χ3v) is 4.77. The Hall–Kier alpha value is -0.0400. The van der Waals surface area contributed by atoms with E-state index in [0.29, 0.717) is 0 Å². The van der Waals surface area contributed by atoms with Crippen LogP contribution in [-0.4, -0.2) is 12.6 Å². The zero-order valence-corrected chi connectivity index (χ0v) is 8.47. The average molecular weight is 179 g/mol. The Morgan fingerprint density at radius 3 is 2.69 bits per heavy atom. The maximum atomic E-state index is 3.69. The van der Waals surface area contributed by atoms with Crippen molar-refractivity contribution in [3.8, 4) is 0 Å². The van der Waals surface area contributed by atoms with Crippen molar-refractivity contribution >= 4 is 0 Å². The number of fused-ring (bicyclic) bond motifs is 3. The standard InChI is InChI=1S/C12H21N/c1-2-4-10-9(3-1)5-6-12-11(10)7-8-13-12/h9-13H,1-8H2. The lowest BCUT2D eigenvalue weighted by Crippen LogP contribution is -2.40. The molecule has 2 saturated carbocycles. The van der Waals surface area contributed by atoms with Crippen LogP contribution < -0.4 is 5.32 Å². The van der Waals surface area contributed by atoms with Gasteiger partial charge in [-0.05, 0) is 50.0 Å². The van der Waals surface area contributed by atoms with Gasteiger partial charge in [-0.25, -0.2) is 0 Å². The molecular formula is C12H21N. The van der Waals surface area contributed by atoms with Gasteiger partial charge in [-0.1, -0.05) is 19.3 Å². The Labute approximate surface area is 81.3 Å². The monoisotopic (exact) mass is 179 g/mol. The predicted molar refractivity (Wildman–Crippen MR) is 54.6 cm³/mol. The molecule has 4 atom stereocenters. The second-order valence-electron chi connectivity index (χ2n) is 5.30. The van der Waals surface area contributed by atoms with Crippen LogP contribution in [0.1, 0.15) is 44.9 Å². The summed E-state index contributed by atoms with van der Waals surface area (Å²) in [4.78, 5) is 0. The lowest BCUT2D eigenvalue weighted by atomic mass is 9.64. The topological polar surface area (TPSA) is 12.0 Å². The summed E-state index contributed by atoms with van der Waals surface area (Å²) in [6.45, 7) is 1.30. The van der Waals surface area contributed by atoms with Gasteiger partial charge in [0.25, 0.3) is 0 Å². The molecule has 0 aromatic carbocycles. The number of rotatable bonds is 0. The molecule has 0 bridgehead atoms. The van der Waals surface area contributed by atoms with Gasteiger partial charge in [-0.2, -0.15) is 0 Å². The minimum Gasteiger partial charge on any atom is -0.314 e. The van der Waals surface area contributed by atoms with Crippen LogP contribution in [0, 0.1) is 17.8 Å². The number of hydrogen-bond acceptors (Lipinski definition) is 1. The molecule has 13 heavy (non-hydrogen) atoms. The molecule has 4 unspecified atom stereocenters. The molecule has 3 fully saturated rings. The fraction of sp³-hybridized carbons (Fsp3) is 1.00. The van der Waals surface area contributed by atoms with E-state index in [-0.39, 0.29) is 0 Å². The van der Waals surface area contributed by atoms with E-state index < -0.39 is 0 Å². The van der Waals surface area contributed by atoms with Gasteiger partial charge >= 0.3 is 0 Å². The molecule has 0 aromatic heterocycles. The first kappa shape index (κ1) is 8.28. The first-order valence-corrected chi connectivity index (χ1v) is 6.18. The molecular weight excluding hydrogens is 158 g/mol. The summed E-state index contributed by atoms with van der Waals surface area (Å²) in [6, 6.07) is 0.916. The van der Waals surface area contributed by atoms with Gasteiger partial charge in [-0.3, -0.25) is 0 Å². The molecule has 1 nitrogen and oxygen atoms in total. The Balaban J connectivity index is 1.77. The van der Waals surface area contributed by atoms with Crippen molar-refractivity contribution < 1.29 is 0 Å². The molecule has 0 radical (unpaired) electrons. The molecule has 0 amide bonds. The van der Waals surface area contributed by atoms with Crippen LogP contribution in [0.3, 0.4) is 0 Å². The van der Waals surface area contributed by atoms with Crippen molar-refractivity contribution in [2.24, 2.45) is 17.8 Å². The fourth-order valence-electron chi connectivity index (χ4n) is 4.17. The number of hydrogen-bond donors (Lipinski definition) is 1. The average Bonchev–Trinajstić information content (AvgIpc) is 2.65. The van der Waals surface area contributed by atoms with Crippen molar-refractivity contribution in [2.45, 2.75) is 51.0 Å². The van der Waals surface area contributed by atoms with Gasteiger partial charge in [0.05, 0.1) is 0 Å². The van der Waals surface area contributed by atoms with Crippen molar-refractivity contribution in [2.75, 3.05) is 6.54 Å². The molecule has 1 saturated heterocycles. The summed E-state index contributed by atoms with van der Waals surface area (Å²) in [7, 11) is 0. The van der Waals surface area contributed by atoms with E-state index in [9.17, 15) is 0 Å². The van der Waals surface area contributed by atoms with Gasteiger partial charge in [-0.15, -0.1) is 0 Å². The highest BCUT2D eigenvalue weighted by molar-refractivity contribution is 4.96. The van der Waals surface area contributed by atoms with E-state index >= 15 is 0 Å². The van der Waals surface area contributed by atoms with Crippen molar-refractivity contribution in [1.82, 2.24) is 5.32 Å². The highest BCUT2D eigenvalue weighted by atomic mass is 15.0. The highest BCUT2D eigenvalue weighted by Crippen LogP contribution is 2.46. The van der Waals surface area contributed by atoms with Crippen LogP contribution in [0.4, 0.5) is 0 Å². The summed E-state index contributed by atoms with van der Waals surface area (Å²) >= 11 is 0. The molecule has 3 aliphatic rings.